The lowest BCUT2D eigenvalue weighted by Gasteiger charge is -2.13. The summed E-state index contributed by atoms with van der Waals surface area (Å²) >= 11 is 0. The van der Waals surface area contributed by atoms with Crippen molar-refractivity contribution in [3.05, 3.63) is 53.3 Å². The number of rotatable bonds is 4. The predicted molar refractivity (Wildman–Crippen MR) is 72.1 cm³/mol. The van der Waals surface area contributed by atoms with Crippen molar-refractivity contribution in [1.29, 1.82) is 0 Å². The van der Waals surface area contributed by atoms with Gasteiger partial charge in [-0.3, -0.25) is 4.98 Å². The number of nitrogens with one attached hydrogen (secondary N) is 1. The summed E-state index contributed by atoms with van der Waals surface area (Å²) in [6.07, 6.45) is 0.874. The molecule has 0 radical (unpaired) electrons. The van der Waals surface area contributed by atoms with Crippen LogP contribution in [0.2, 0.25) is 0 Å². The van der Waals surface area contributed by atoms with E-state index in [0.717, 1.165) is 11.1 Å². The first-order valence-electron chi connectivity index (χ1n) is 5.89. The number of nitrogen functional groups attached to an aromatic ring is 1. The van der Waals surface area contributed by atoms with E-state index in [1.807, 2.05) is 13.0 Å². The van der Waals surface area contributed by atoms with Crippen molar-refractivity contribution < 1.29 is 8.78 Å². The third kappa shape index (κ3) is 3.19. The topological polar surface area (TPSA) is 50.9 Å². The lowest BCUT2D eigenvalue weighted by molar-refractivity contribution is 0.152. The first kappa shape index (κ1) is 13.3. The van der Waals surface area contributed by atoms with E-state index in [1.54, 1.807) is 24.5 Å². The molecular weight excluding hydrogens is 248 g/mol. The molecule has 0 aliphatic carbocycles. The molecule has 1 heterocycles. The van der Waals surface area contributed by atoms with E-state index < -0.39 is 6.43 Å². The van der Waals surface area contributed by atoms with Gasteiger partial charge in [-0.05, 0) is 42.3 Å². The molecule has 3 nitrogen and oxygen atoms in total. The highest BCUT2D eigenvalue weighted by atomic mass is 19.3. The minimum absolute atomic E-state index is 0.0771. The van der Waals surface area contributed by atoms with E-state index >= 15 is 0 Å². The Morgan fingerprint density at radius 1 is 1.32 bits per heavy atom. The SMILES string of the molecule is Cc1cnccc1CNc1ccc(N)cc1C(F)F. The molecule has 1 aromatic carbocycles. The largest absolute Gasteiger partial charge is 0.399 e. The molecule has 5 heteroatoms. The molecule has 0 aliphatic rings. The van der Waals surface area contributed by atoms with Gasteiger partial charge in [0.05, 0.1) is 0 Å². The van der Waals surface area contributed by atoms with Gasteiger partial charge in [0.25, 0.3) is 6.43 Å². The number of nitrogens with zero attached hydrogens (tertiary/aromatic N) is 1. The van der Waals surface area contributed by atoms with E-state index in [-0.39, 0.29) is 5.56 Å². The maximum atomic E-state index is 12.9. The average Bonchev–Trinajstić information content (AvgIpc) is 2.38. The zero-order valence-electron chi connectivity index (χ0n) is 10.5. The number of pyridine rings is 1. The summed E-state index contributed by atoms with van der Waals surface area (Å²) in [5.74, 6) is 0. The standard InChI is InChI=1S/C14H15F2N3/c1-9-7-18-5-4-10(9)8-19-13-3-2-11(17)6-12(13)14(15)16/h2-7,14,19H,8,17H2,1H3. The van der Waals surface area contributed by atoms with E-state index in [1.165, 1.54) is 6.07 Å². The molecule has 100 valence electrons. The van der Waals surface area contributed by atoms with E-state index in [0.29, 0.717) is 17.9 Å². The number of nitrogens with two attached hydrogens (primary N) is 1. The molecule has 19 heavy (non-hydrogen) atoms. The van der Waals surface area contributed by atoms with Crippen molar-refractivity contribution in [3.63, 3.8) is 0 Å². The summed E-state index contributed by atoms with van der Waals surface area (Å²) in [6, 6.07) is 6.34. The molecule has 0 amide bonds. The molecule has 0 aliphatic heterocycles. The Labute approximate surface area is 110 Å². The predicted octanol–water partition coefficient (Wildman–Crippen LogP) is 3.52. The van der Waals surface area contributed by atoms with Gasteiger partial charge in [0, 0.05) is 35.9 Å². The zero-order valence-corrected chi connectivity index (χ0v) is 10.5. The molecule has 1 aromatic heterocycles. The quantitative estimate of drug-likeness (QED) is 0.830. The highest BCUT2D eigenvalue weighted by Crippen LogP contribution is 2.29. The van der Waals surface area contributed by atoms with Crippen LogP contribution >= 0.6 is 0 Å². The number of aryl methyl sites for hydroxylation is 1. The van der Waals surface area contributed by atoms with Gasteiger partial charge in [-0.15, -0.1) is 0 Å². The Balaban J connectivity index is 2.18. The Morgan fingerprint density at radius 2 is 2.11 bits per heavy atom. The fourth-order valence-electron chi connectivity index (χ4n) is 1.81. The number of benzene rings is 1. The summed E-state index contributed by atoms with van der Waals surface area (Å²) in [7, 11) is 0. The average molecular weight is 263 g/mol. The summed E-state index contributed by atoms with van der Waals surface area (Å²) in [5, 5.41) is 3.02. The highest BCUT2D eigenvalue weighted by Gasteiger charge is 2.13. The van der Waals surface area contributed by atoms with E-state index in [2.05, 4.69) is 10.3 Å². The maximum Gasteiger partial charge on any atom is 0.265 e. The number of aromatic nitrogens is 1. The van der Waals surface area contributed by atoms with Crippen molar-refractivity contribution in [3.8, 4) is 0 Å². The number of alkyl halides is 2. The van der Waals surface area contributed by atoms with Crippen molar-refractivity contribution in [1.82, 2.24) is 4.98 Å². The lowest BCUT2D eigenvalue weighted by atomic mass is 10.1. The van der Waals surface area contributed by atoms with Crippen LogP contribution in [0.15, 0.2) is 36.7 Å². The van der Waals surface area contributed by atoms with Crippen LogP contribution in [0, 0.1) is 6.92 Å². The summed E-state index contributed by atoms with van der Waals surface area (Å²) < 4.78 is 25.8. The number of hydrogen-bond acceptors (Lipinski definition) is 3. The summed E-state index contributed by atoms with van der Waals surface area (Å²) in [6.45, 7) is 2.40. The van der Waals surface area contributed by atoms with Crippen LogP contribution in [-0.2, 0) is 6.54 Å². The van der Waals surface area contributed by atoms with Crippen molar-refractivity contribution in [2.45, 2.75) is 19.9 Å². The molecule has 2 aromatic rings. The molecule has 0 bridgehead atoms. The van der Waals surface area contributed by atoms with Crippen LogP contribution < -0.4 is 11.1 Å². The fourth-order valence-corrected chi connectivity index (χ4v) is 1.81. The van der Waals surface area contributed by atoms with Crippen LogP contribution in [-0.4, -0.2) is 4.98 Å². The van der Waals surface area contributed by atoms with Crippen LogP contribution in [0.4, 0.5) is 20.2 Å². The van der Waals surface area contributed by atoms with Gasteiger partial charge in [0.15, 0.2) is 0 Å². The van der Waals surface area contributed by atoms with Crippen molar-refractivity contribution in [2.24, 2.45) is 0 Å². The first-order chi connectivity index (χ1) is 9.08. The van der Waals surface area contributed by atoms with Crippen LogP contribution in [0.25, 0.3) is 0 Å². The smallest absolute Gasteiger partial charge is 0.265 e. The van der Waals surface area contributed by atoms with Gasteiger partial charge < -0.3 is 11.1 Å². The molecule has 0 saturated carbocycles. The third-order valence-corrected chi connectivity index (χ3v) is 2.92. The van der Waals surface area contributed by atoms with Crippen molar-refractivity contribution in [2.75, 3.05) is 11.1 Å². The van der Waals surface area contributed by atoms with E-state index in [9.17, 15) is 8.78 Å². The molecule has 0 spiro atoms. The molecule has 0 saturated heterocycles. The van der Waals surface area contributed by atoms with Crippen LogP contribution in [0.3, 0.4) is 0 Å². The third-order valence-electron chi connectivity index (χ3n) is 2.92. The Kier molecular flexibility index (Phi) is 3.94. The number of hydrogen-bond donors (Lipinski definition) is 2. The molecule has 2 rings (SSSR count). The monoisotopic (exact) mass is 263 g/mol. The minimum Gasteiger partial charge on any atom is -0.399 e. The summed E-state index contributed by atoms with van der Waals surface area (Å²) in [4.78, 5) is 3.99. The van der Waals surface area contributed by atoms with E-state index in [4.69, 9.17) is 5.73 Å². The Hall–Kier alpha value is -2.17. The fraction of sp³-hybridized carbons (Fsp3) is 0.214. The second-order valence-corrected chi connectivity index (χ2v) is 4.30. The molecule has 3 N–H and O–H groups in total. The summed E-state index contributed by atoms with van der Waals surface area (Å²) in [5.41, 5.74) is 8.23. The number of halogens is 2. The molecule has 0 fully saturated rings. The molecular formula is C14H15F2N3. The van der Waals surface area contributed by atoms with Gasteiger partial charge in [-0.25, -0.2) is 8.78 Å². The second-order valence-electron chi connectivity index (χ2n) is 4.30. The van der Waals surface area contributed by atoms with Gasteiger partial charge in [-0.1, -0.05) is 0 Å². The van der Waals surface area contributed by atoms with Gasteiger partial charge in [0.1, 0.15) is 0 Å². The highest BCUT2D eigenvalue weighted by molar-refractivity contribution is 5.58. The normalized spacial score (nSPS) is 10.7. The Morgan fingerprint density at radius 3 is 2.79 bits per heavy atom. The second kappa shape index (κ2) is 5.65. The van der Waals surface area contributed by atoms with Crippen LogP contribution in [0.5, 0.6) is 0 Å². The number of anilines is 2. The maximum absolute atomic E-state index is 12.9. The molecule has 0 unspecified atom stereocenters. The van der Waals surface area contributed by atoms with Crippen LogP contribution in [0.1, 0.15) is 23.1 Å². The first-order valence-corrected chi connectivity index (χ1v) is 5.89. The van der Waals surface area contributed by atoms with Crippen molar-refractivity contribution >= 4 is 11.4 Å². The van der Waals surface area contributed by atoms with Gasteiger partial charge >= 0.3 is 0 Å². The molecule has 0 atom stereocenters. The Bertz CT molecular complexity index is 570. The minimum atomic E-state index is -2.55. The lowest BCUT2D eigenvalue weighted by Crippen LogP contribution is -2.05. The zero-order chi connectivity index (χ0) is 13.8. The van der Waals surface area contributed by atoms with Gasteiger partial charge in [0.2, 0.25) is 0 Å². The van der Waals surface area contributed by atoms with Gasteiger partial charge in [-0.2, -0.15) is 0 Å².